The van der Waals surface area contributed by atoms with Crippen LogP contribution >= 0.6 is 0 Å². The molecule has 2 rings (SSSR count). The number of anilines is 1. The highest BCUT2D eigenvalue weighted by Crippen LogP contribution is 2.27. The predicted molar refractivity (Wildman–Crippen MR) is 76.2 cm³/mol. The van der Waals surface area contributed by atoms with Crippen LogP contribution < -0.4 is 10.1 Å². The first-order valence-electron chi connectivity index (χ1n) is 7.12. The highest BCUT2D eigenvalue weighted by Gasteiger charge is 2.29. The Balaban J connectivity index is 1.93. The van der Waals surface area contributed by atoms with E-state index in [2.05, 4.69) is 5.32 Å². The van der Waals surface area contributed by atoms with E-state index < -0.39 is 12.8 Å². The maximum Gasteiger partial charge on any atom is 0.422 e. The minimum Gasteiger partial charge on any atom is -0.482 e. The van der Waals surface area contributed by atoms with Crippen LogP contribution in [-0.4, -0.2) is 45.8 Å². The Morgan fingerprint density at radius 3 is 2.77 bits per heavy atom. The molecule has 1 saturated heterocycles. The van der Waals surface area contributed by atoms with E-state index in [1.807, 2.05) is 0 Å². The van der Waals surface area contributed by atoms with Gasteiger partial charge in [-0.25, -0.2) is 0 Å². The molecule has 0 aromatic heterocycles. The second-order valence-corrected chi connectivity index (χ2v) is 5.18. The molecule has 0 unspecified atom stereocenters. The predicted octanol–water partition coefficient (Wildman–Crippen LogP) is 3.09. The lowest BCUT2D eigenvalue weighted by Crippen LogP contribution is -2.31. The zero-order valence-electron chi connectivity index (χ0n) is 12.4. The molecule has 1 N–H and O–H groups in total. The number of hydrogen-bond donors (Lipinski definition) is 1. The summed E-state index contributed by atoms with van der Waals surface area (Å²) < 4.78 is 52.4. The molecule has 4 nitrogen and oxygen atoms in total. The first-order valence-corrected chi connectivity index (χ1v) is 7.12. The van der Waals surface area contributed by atoms with Crippen molar-refractivity contribution in [3.63, 3.8) is 0 Å². The van der Waals surface area contributed by atoms with Crippen LogP contribution in [0.2, 0.25) is 0 Å². The summed E-state index contributed by atoms with van der Waals surface area (Å²) in [6.45, 7) is 0.537. The lowest BCUT2D eigenvalue weighted by molar-refractivity contribution is -0.153. The normalized spacial score (nSPS) is 19.9. The molecule has 1 fully saturated rings. The Morgan fingerprint density at radius 1 is 1.36 bits per heavy atom. The van der Waals surface area contributed by atoms with Gasteiger partial charge in [0.25, 0.3) is 0 Å². The Bertz CT molecular complexity index is 462. The maximum absolute atomic E-state index is 12.3. The van der Waals surface area contributed by atoms with Crippen molar-refractivity contribution in [3.8, 4) is 5.75 Å². The monoisotopic (exact) mass is 319 g/mol. The molecule has 1 aliphatic rings. The third-order valence-electron chi connectivity index (χ3n) is 3.57. The third kappa shape index (κ3) is 5.06. The number of alkyl halides is 3. The maximum atomic E-state index is 12.3. The zero-order chi connectivity index (χ0) is 16.0. The molecule has 124 valence electrons. The molecule has 0 radical (unpaired) electrons. The molecule has 1 aromatic rings. The van der Waals surface area contributed by atoms with E-state index in [0.717, 1.165) is 13.0 Å². The highest BCUT2D eigenvalue weighted by molar-refractivity contribution is 5.56. The number of ether oxygens (including phenoxy) is 3. The van der Waals surface area contributed by atoms with Gasteiger partial charge in [0.15, 0.2) is 6.61 Å². The van der Waals surface area contributed by atoms with Crippen molar-refractivity contribution in [2.24, 2.45) is 5.92 Å². The van der Waals surface area contributed by atoms with Crippen molar-refractivity contribution in [1.82, 2.24) is 0 Å². The van der Waals surface area contributed by atoms with Gasteiger partial charge in [-0.1, -0.05) is 12.1 Å². The van der Waals surface area contributed by atoms with E-state index in [1.165, 1.54) is 6.07 Å². The average molecular weight is 319 g/mol. The molecule has 0 bridgehead atoms. The first kappa shape index (κ1) is 16.9. The van der Waals surface area contributed by atoms with Gasteiger partial charge in [-0.15, -0.1) is 0 Å². The van der Waals surface area contributed by atoms with Crippen LogP contribution in [0, 0.1) is 5.92 Å². The van der Waals surface area contributed by atoms with Gasteiger partial charge in [0.2, 0.25) is 0 Å². The molecule has 2 atom stereocenters. The van der Waals surface area contributed by atoms with Crippen molar-refractivity contribution in [2.75, 3.05) is 38.8 Å². The van der Waals surface area contributed by atoms with Crippen LogP contribution in [0.4, 0.5) is 18.9 Å². The molecule has 0 aliphatic carbocycles. The van der Waals surface area contributed by atoms with Gasteiger partial charge in [-0.2, -0.15) is 13.2 Å². The summed E-state index contributed by atoms with van der Waals surface area (Å²) in [5.41, 5.74) is 0.521. The smallest absolute Gasteiger partial charge is 0.422 e. The molecular formula is C15H20F3NO3. The number of nitrogens with one attached hydrogen (secondary N) is 1. The van der Waals surface area contributed by atoms with E-state index >= 15 is 0 Å². The van der Waals surface area contributed by atoms with Gasteiger partial charge in [0.05, 0.1) is 18.4 Å². The number of methoxy groups -OCH3 is 1. The minimum atomic E-state index is -4.36. The lowest BCUT2D eigenvalue weighted by Gasteiger charge is -2.22. The minimum absolute atomic E-state index is 0.0572. The van der Waals surface area contributed by atoms with Crippen molar-refractivity contribution in [2.45, 2.75) is 18.7 Å². The van der Waals surface area contributed by atoms with Gasteiger partial charge in [-0.3, -0.25) is 0 Å². The highest BCUT2D eigenvalue weighted by atomic mass is 19.4. The Labute approximate surface area is 127 Å². The Kier molecular flexibility index (Phi) is 5.90. The Hall–Kier alpha value is -1.47. The van der Waals surface area contributed by atoms with Crippen LogP contribution in [0.1, 0.15) is 6.42 Å². The van der Waals surface area contributed by atoms with E-state index in [9.17, 15) is 13.2 Å². The number of halogens is 3. The quantitative estimate of drug-likeness (QED) is 0.838. The molecule has 0 saturated carbocycles. The third-order valence-corrected chi connectivity index (χ3v) is 3.57. The summed E-state index contributed by atoms with van der Waals surface area (Å²) in [5, 5.41) is 3.10. The number of benzene rings is 1. The summed E-state index contributed by atoms with van der Waals surface area (Å²) in [4.78, 5) is 0. The van der Waals surface area contributed by atoms with Gasteiger partial charge < -0.3 is 19.5 Å². The number of rotatable bonds is 7. The molecule has 1 heterocycles. The van der Waals surface area contributed by atoms with E-state index in [-0.39, 0.29) is 11.9 Å². The summed E-state index contributed by atoms with van der Waals surface area (Å²) in [6, 6.07) is 6.57. The lowest BCUT2D eigenvalue weighted by atomic mass is 10.0. The molecule has 7 heteroatoms. The second kappa shape index (κ2) is 7.69. The fourth-order valence-corrected chi connectivity index (χ4v) is 2.40. The van der Waals surface area contributed by atoms with Crippen molar-refractivity contribution in [3.05, 3.63) is 24.3 Å². The molecule has 1 aliphatic heterocycles. The van der Waals surface area contributed by atoms with E-state index in [0.29, 0.717) is 24.8 Å². The topological polar surface area (TPSA) is 39.7 Å². The SMILES string of the molecule is CO[C@@H](CNc1ccccc1OCC(F)(F)F)[C@H]1CCOC1. The van der Waals surface area contributed by atoms with E-state index in [1.54, 1.807) is 25.3 Å². The summed E-state index contributed by atoms with van der Waals surface area (Å²) in [6.07, 6.45) is -3.49. The van der Waals surface area contributed by atoms with Gasteiger partial charge >= 0.3 is 6.18 Å². The number of para-hydroxylation sites is 2. The largest absolute Gasteiger partial charge is 0.482 e. The van der Waals surface area contributed by atoms with Gasteiger partial charge in [-0.05, 0) is 18.6 Å². The second-order valence-electron chi connectivity index (χ2n) is 5.18. The van der Waals surface area contributed by atoms with Crippen LogP contribution in [0.3, 0.4) is 0 Å². The first-order chi connectivity index (χ1) is 10.5. The molecule has 1 aromatic carbocycles. The molecule has 0 amide bonds. The standard InChI is InChI=1S/C15H20F3NO3/c1-20-14(11-6-7-21-9-11)8-19-12-4-2-3-5-13(12)22-10-15(16,17)18/h2-5,11,14,19H,6-10H2,1H3/t11-,14-/m0/s1. The molecule has 22 heavy (non-hydrogen) atoms. The van der Waals surface area contributed by atoms with Crippen molar-refractivity contribution in [1.29, 1.82) is 0 Å². The van der Waals surface area contributed by atoms with Crippen molar-refractivity contribution >= 4 is 5.69 Å². The van der Waals surface area contributed by atoms with Crippen LogP contribution in [-0.2, 0) is 9.47 Å². The fourth-order valence-electron chi connectivity index (χ4n) is 2.40. The summed E-state index contributed by atoms with van der Waals surface area (Å²) in [7, 11) is 1.62. The fraction of sp³-hybridized carbons (Fsp3) is 0.600. The molecule has 0 spiro atoms. The summed E-state index contributed by atoms with van der Waals surface area (Å²) in [5.74, 6) is 0.470. The van der Waals surface area contributed by atoms with Gasteiger partial charge in [0.1, 0.15) is 5.75 Å². The van der Waals surface area contributed by atoms with Crippen LogP contribution in [0.5, 0.6) is 5.75 Å². The van der Waals surface area contributed by atoms with Crippen molar-refractivity contribution < 1.29 is 27.4 Å². The van der Waals surface area contributed by atoms with E-state index in [4.69, 9.17) is 14.2 Å². The Morgan fingerprint density at radius 2 is 2.14 bits per heavy atom. The average Bonchev–Trinajstić information content (AvgIpc) is 3.00. The molecular weight excluding hydrogens is 299 g/mol. The van der Waals surface area contributed by atoms with Gasteiger partial charge in [0, 0.05) is 26.2 Å². The van der Waals surface area contributed by atoms with Crippen LogP contribution in [0.15, 0.2) is 24.3 Å². The zero-order valence-corrected chi connectivity index (χ0v) is 12.4. The number of hydrogen-bond acceptors (Lipinski definition) is 4. The van der Waals surface area contributed by atoms with Crippen LogP contribution in [0.25, 0.3) is 0 Å². The summed E-state index contributed by atoms with van der Waals surface area (Å²) >= 11 is 0.